The maximum atomic E-state index is 13.5. The summed E-state index contributed by atoms with van der Waals surface area (Å²) in [5.41, 5.74) is 1.87. The number of aromatic nitrogens is 3. The smallest absolute Gasteiger partial charge is 0.233 e. The molecule has 2 heterocycles. The number of nitrogens with zero attached hydrogens (tertiary/aromatic N) is 4. The average molecular weight is 497 g/mol. The van der Waals surface area contributed by atoms with Crippen LogP contribution in [-0.4, -0.2) is 63.3 Å². The van der Waals surface area contributed by atoms with Crippen molar-refractivity contribution >= 4 is 27.5 Å². The maximum absolute atomic E-state index is 13.5. The zero-order valence-corrected chi connectivity index (χ0v) is 20.5. The highest BCUT2D eigenvalue weighted by Crippen LogP contribution is 2.32. The second-order valence-corrected chi connectivity index (χ2v) is 12.1. The van der Waals surface area contributed by atoms with Crippen molar-refractivity contribution in [1.29, 1.82) is 0 Å². The van der Waals surface area contributed by atoms with E-state index in [1.807, 2.05) is 70.1 Å². The fourth-order valence-electron chi connectivity index (χ4n) is 5.03. The van der Waals surface area contributed by atoms with Gasteiger partial charge in [-0.2, -0.15) is 0 Å². The molecule has 2 aliphatic rings. The molecule has 0 unspecified atom stereocenters. The van der Waals surface area contributed by atoms with Crippen LogP contribution in [-0.2, 0) is 14.6 Å². The van der Waals surface area contributed by atoms with E-state index in [1.165, 1.54) is 11.8 Å². The van der Waals surface area contributed by atoms with E-state index in [0.717, 1.165) is 42.8 Å². The number of hydrogen-bond donors (Lipinski definition) is 0. The monoisotopic (exact) mass is 496 g/mol. The fraction of sp³-hybridized carbons (Fsp3) is 0.400. The summed E-state index contributed by atoms with van der Waals surface area (Å²) in [6.45, 7) is 0. The van der Waals surface area contributed by atoms with Gasteiger partial charge in [-0.25, -0.2) is 8.42 Å². The Morgan fingerprint density at radius 1 is 0.941 bits per heavy atom. The molecule has 5 rings (SSSR count). The Hall–Kier alpha value is -2.65. The zero-order valence-electron chi connectivity index (χ0n) is 18.9. The molecule has 1 aliphatic heterocycles. The predicted octanol–water partition coefficient (Wildman–Crippen LogP) is 3.98. The van der Waals surface area contributed by atoms with Gasteiger partial charge in [-0.1, -0.05) is 73.1 Å². The number of para-hydroxylation sites is 1. The number of rotatable bonds is 7. The molecule has 1 aromatic heterocycles. The van der Waals surface area contributed by atoms with Crippen molar-refractivity contribution in [2.24, 2.45) is 0 Å². The number of sulfone groups is 1. The van der Waals surface area contributed by atoms with Crippen molar-refractivity contribution in [2.45, 2.75) is 49.3 Å². The van der Waals surface area contributed by atoms with Crippen molar-refractivity contribution in [1.82, 2.24) is 19.7 Å². The number of thioether (sulfide) groups is 1. The summed E-state index contributed by atoms with van der Waals surface area (Å²) in [6, 6.07) is 19.7. The molecule has 1 aliphatic carbocycles. The molecule has 3 aromatic rings. The van der Waals surface area contributed by atoms with E-state index >= 15 is 0 Å². The zero-order chi connectivity index (χ0) is 23.5. The number of benzene rings is 2. The maximum Gasteiger partial charge on any atom is 0.233 e. The molecular weight excluding hydrogens is 468 g/mol. The Morgan fingerprint density at radius 3 is 2.26 bits per heavy atom. The minimum absolute atomic E-state index is 0.0112. The molecular formula is C25H28N4O3S2. The first-order valence-corrected chi connectivity index (χ1v) is 14.5. The van der Waals surface area contributed by atoms with Crippen LogP contribution in [0.5, 0.6) is 0 Å². The molecule has 2 fully saturated rings. The second-order valence-electron chi connectivity index (χ2n) is 8.93. The van der Waals surface area contributed by atoms with Gasteiger partial charge < -0.3 is 4.90 Å². The van der Waals surface area contributed by atoms with E-state index in [2.05, 4.69) is 10.2 Å². The SMILES string of the molecule is O=C(CSc1nnc(-c2ccccc2)n1-c1ccccc1)N(C1CCCC1)[C@H]1CCS(=O)(=O)C1. The van der Waals surface area contributed by atoms with Crippen LogP contribution >= 0.6 is 11.8 Å². The average Bonchev–Trinajstić information content (AvgIpc) is 3.59. The van der Waals surface area contributed by atoms with Gasteiger partial charge in [-0.05, 0) is 31.4 Å². The lowest BCUT2D eigenvalue weighted by Gasteiger charge is -2.34. The number of carbonyl (C=O) groups is 1. The molecule has 9 heteroatoms. The van der Waals surface area contributed by atoms with Crippen molar-refractivity contribution in [2.75, 3.05) is 17.3 Å². The molecule has 1 atom stereocenters. The Bertz CT molecular complexity index is 1240. The summed E-state index contributed by atoms with van der Waals surface area (Å²) in [6.07, 6.45) is 4.61. The Kier molecular flexibility index (Phi) is 6.74. The summed E-state index contributed by atoms with van der Waals surface area (Å²) in [7, 11) is -3.07. The molecule has 0 spiro atoms. The van der Waals surface area contributed by atoms with Gasteiger partial charge in [-0.15, -0.1) is 10.2 Å². The van der Waals surface area contributed by atoms with Crippen LogP contribution in [0.4, 0.5) is 0 Å². The molecule has 1 amide bonds. The highest BCUT2D eigenvalue weighted by atomic mass is 32.2. The van der Waals surface area contributed by atoms with Gasteiger partial charge in [0.25, 0.3) is 0 Å². The van der Waals surface area contributed by atoms with Crippen LogP contribution in [0.25, 0.3) is 17.1 Å². The lowest BCUT2D eigenvalue weighted by atomic mass is 10.1. The van der Waals surface area contributed by atoms with Gasteiger partial charge in [0, 0.05) is 23.3 Å². The van der Waals surface area contributed by atoms with Crippen molar-refractivity contribution in [3.63, 3.8) is 0 Å². The van der Waals surface area contributed by atoms with E-state index in [-0.39, 0.29) is 35.2 Å². The summed E-state index contributed by atoms with van der Waals surface area (Å²) in [5.74, 6) is 1.16. The van der Waals surface area contributed by atoms with E-state index in [4.69, 9.17) is 0 Å². The van der Waals surface area contributed by atoms with Gasteiger partial charge in [0.05, 0.1) is 17.3 Å². The third-order valence-corrected chi connectivity index (χ3v) is 9.28. The van der Waals surface area contributed by atoms with Gasteiger partial charge >= 0.3 is 0 Å². The van der Waals surface area contributed by atoms with E-state index < -0.39 is 9.84 Å². The largest absolute Gasteiger partial charge is 0.335 e. The first-order chi connectivity index (χ1) is 16.5. The summed E-state index contributed by atoms with van der Waals surface area (Å²) >= 11 is 1.36. The van der Waals surface area contributed by atoms with Crippen molar-refractivity contribution in [3.8, 4) is 17.1 Å². The lowest BCUT2D eigenvalue weighted by molar-refractivity contribution is -0.132. The topological polar surface area (TPSA) is 85.2 Å². The third kappa shape index (κ3) is 4.90. The fourth-order valence-corrected chi connectivity index (χ4v) is 7.56. The molecule has 34 heavy (non-hydrogen) atoms. The normalized spacial score (nSPS) is 19.9. The molecule has 178 valence electrons. The predicted molar refractivity (Wildman–Crippen MR) is 134 cm³/mol. The summed E-state index contributed by atoms with van der Waals surface area (Å²) in [4.78, 5) is 15.4. The molecule has 1 saturated carbocycles. The minimum Gasteiger partial charge on any atom is -0.335 e. The molecule has 0 radical (unpaired) electrons. The van der Waals surface area contributed by atoms with Gasteiger partial charge in [-0.3, -0.25) is 9.36 Å². The van der Waals surface area contributed by atoms with Crippen LogP contribution in [0.3, 0.4) is 0 Å². The van der Waals surface area contributed by atoms with Crippen molar-refractivity contribution in [3.05, 3.63) is 60.7 Å². The quantitative estimate of drug-likeness (QED) is 0.460. The Morgan fingerprint density at radius 2 is 1.62 bits per heavy atom. The summed E-state index contributed by atoms with van der Waals surface area (Å²) in [5, 5.41) is 9.52. The van der Waals surface area contributed by atoms with Crippen LogP contribution in [0.15, 0.2) is 65.8 Å². The molecule has 0 bridgehead atoms. The highest BCUT2D eigenvalue weighted by molar-refractivity contribution is 7.99. The van der Waals surface area contributed by atoms with E-state index in [0.29, 0.717) is 11.6 Å². The van der Waals surface area contributed by atoms with Crippen LogP contribution in [0.2, 0.25) is 0 Å². The molecule has 1 saturated heterocycles. The van der Waals surface area contributed by atoms with Gasteiger partial charge in [0.1, 0.15) is 0 Å². The van der Waals surface area contributed by atoms with Gasteiger partial charge in [0.2, 0.25) is 5.91 Å². The van der Waals surface area contributed by atoms with E-state index in [9.17, 15) is 13.2 Å². The third-order valence-electron chi connectivity index (χ3n) is 6.61. The lowest BCUT2D eigenvalue weighted by Crippen LogP contribution is -2.47. The summed E-state index contributed by atoms with van der Waals surface area (Å²) < 4.78 is 26.3. The number of amides is 1. The highest BCUT2D eigenvalue weighted by Gasteiger charge is 2.39. The first kappa shape index (κ1) is 23.1. The Labute approximate surface area is 204 Å². The first-order valence-electron chi connectivity index (χ1n) is 11.7. The van der Waals surface area contributed by atoms with E-state index in [1.54, 1.807) is 0 Å². The molecule has 7 nitrogen and oxygen atoms in total. The number of carbonyl (C=O) groups excluding carboxylic acids is 1. The number of hydrogen-bond acceptors (Lipinski definition) is 6. The van der Waals surface area contributed by atoms with Crippen LogP contribution < -0.4 is 0 Å². The van der Waals surface area contributed by atoms with Crippen LogP contribution in [0, 0.1) is 0 Å². The Balaban J connectivity index is 1.41. The second kappa shape index (κ2) is 9.92. The van der Waals surface area contributed by atoms with Gasteiger partial charge in [0.15, 0.2) is 20.8 Å². The minimum atomic E-state index is -3.07. The van der Waals surface area contributed by atoms with Crippen molar-refractivity contribution < 1.29 is 13.2 Å². The standard InChI is InChI=1S/C25H28N4O3S2/c30-23(28(20-13-7-8-14-20)22-15-16-34(31,32)18-22)17-33-25-27-26-24(19-9-3-1-4-10-19)29(25)21-11-5-2-6-12-21/h1-6,9-12,20,22H,7-8,13-18H2/t22-/m0/s1. The van der Waals surface area contributed by atoms with Crippen LogP contribution in [0.1, 0.15) is 32.1 Å². The molecule has 0 N–H and O–H groups in total. The molecule has 2 aromatic carbocycles.